The quantitative estimate of drug-likeness (QED) is 0.547. The van der Waals surface area contributed by atoms with Crippen molar-refractivity contribution in [3.63, 3.8) is 0 Å². The molecule has 1 fully saturated rings. The van der Waals surface area contributed by atoms with Crippen molar-refractivity contribution in [1.82, 2.24) is 9.55 Å². The summed E-state index contributed by atoms with van der Waals surface area (Å²) >= 11 is 0. The lowest BCUT2D eigenvalue weighted by Crippen LogP contribution is -2.47. The molecule has 0 amide bonds. The third-order valence-corrected chi connectivity index (χ3v) is 4.35. The number of hydrogen-bond donors (Lipinski definition) is 1. The number of fused-ring (bicyclic) bond motifs is 4. The van der Waals surface area contributed by atoms with Gasteiger partial charge in [-0.05, 0) is 0 Å². The summed E-state index contributed by atoms with van der Waals surface area (Å²) in [5.41, 5.74) is -6.29. The number of aliphatic hydroxyl groups excluding tert-OH is 1. The van der Waals surface area contributed by atoms with Gasteiger partial charge >= 0.3 is 21.6 Å². The molecule has 1 N–H and O–H groups in total. The molecule has 0 unspecified atom stereocenters. The van der Waals surface area contributed by atoms with E-state index in [2.05, 4.69) is 9.17 Å². The van der Waals surface area contributed by atoms with Crippen LogP contribution in [-0.2, 0) is 19.0 Å². The van der Waals surface area contributed by atoms with Crippen molar-refractivity contribution < 1.29 is 40.4 Å². The maximum absolute atomic E-state index is 12.5. The Labute approximate surface area is 126 Å². The molecule has 0 saturated carbocycles. The number of rotatable bonds is 3. The SMILES string of the molecule is O=c1ccn2c(n1)O[C@@H]1[C@@H](OS(=O)(=O)C(F)(F)F)[C@H]2O[C@H]1CO. The fraction of sp³-hybridized carbons (Fsp3) is 0.600. The Bertz CT molecular complexity index is 777. The molecule has 9 nitrogen and oxygen atoms in total. The maximum atomic E-state index is 12.5. The lowest BCUT2D eigenvalue weighted by atomic mass is 10.1. The van der Waals surface area contributed by atoms with Crippen molar-refractivity contribution >= 4 is 10.1 Å². The van der Waals surface area contributed by atoms with Crippen LogP contribution in [0.4, 0.5) is 13.2 Å². The molecule has 1 aromatic heterocycles. The molecule has 2 aliphatic heterocycles. The summed E-state index contributed by atoms with van der Waals surface area (Å²) in [6, 6.07) is 0.714. The van der Waals surface area contributed by atoms with E-state index in [0.29, 0.717) is 0 Å². The van der Waals surface area contributed by atoms with Crippen molar-refractivity contribution in [1.29, 1.82) is 0 Å². The number of ether oxygens (including phenoxy) is 2. The van der Waals surface area contributed by atoms with E-state index in [1.807, 2.05) is 0 Å². The van der Waals surface area contributed by atoms with Crippen molar-refractivity contribution in [3.8, 4) is 6.01 Å². The van der Waals surface area contributed by atoms with E-state index in [4.69, 9.17) is 9.47 Å². The van der Waals surface area contributed by atoms with Gasteiger partial charge in [0.15, 0.2) is 18.4 Å². The van der Waals surface area contributed by atoms with Crippen LogP contribution in [0.5, 0.6) is 6.01 Å². The molecular formula is C10H9F3N2O7S. The van der Waals surface area contributed by atoms with Crippen LogP contribution in [0, 0.1) is 0 Å². The summed E-state index contributed by atoms with van der Waals surface area (Å²) in [4.78, 5) is 14.7. The second kappa shape index (κ2) is 5.15. The highest BCUT2D eigenvalue weighted by Crippen LogP contribution is 2.41. The minimum atomic E-state index is -5.90. The smallest absolute Gasteiger partial charge is 0.455 e. The molecule has 0 radical (unpaired) electrons. The number of aromatic nitrogens is 2. The predicted octanol–water partition coefficient (Wildman–Crippen LogP) is -0.871. The van der Waals surface area contributed by atoms with E-state index in [-0.39, 0.29) is 6.01 Å². The molecule has 3 rings (SSSR count). The van der Waals surface area contributed by atoms with Gasteiger partial charge in [-0.2, -0.15) is 26.6 Å². The molecule has 128 valence electrons. The Balaban J connectivity index is 1.99. The highest BCUT2D eigenvalue weighted by Gasteiger charge is 2.58. The summed E-state index contributed by atoms with van der Waals surface area (Å²) < 4.78 is 75.5. The van der Waals surface area contributed by atoms with Gasteiger partial charge < -0.3 is 14.6 Å². The van der Waals surface area contributed by atoms with Crippen LogP contribution in [0.1, 0.15) is 6.23 Å². The Morgan fingerprint density at radius 2 is 2.13 bits per heavy atom. The standard InChI is InChI=1S/C10H9F3N2O7S/c11-10(12,13)23(18,19)22-7-6-4(3-16)20-8(7)15-2-1-5(17)14-9(15)21-6/h1-2,4,6-8,16H,3H2/t4-,6-,7+,8+/m0/s1. The molecule has 2 bridgehead atoms. The van der Waals surface area contributed by atoms with Crippen LogP contribution in [0.3, 0.4) is 0 Å². The van der Waals surface area contributed by atoms with E-state index in [1.165, 1.54) is 0 Å². The van der Waals surface area contributed by atoms with Gasteiger partial charge in [0, 0.05) is 12.3 Å². The molecule has 23 heavy (non-hydrogen) atoms. The predicted molar refractivity (Wildman–Crippen MR) is 63.8 cm³/mol. The first-order chi connectivity index (χ1) is 10.6. The van der Waals surface area contributed by atoms with E-state index in [1.54, 1.807) is 0 Å². The zero-order chi connectivity index (χ0) is 17.0. The normalized spacial score (nSPS) is 29.9. The van der Waals surface area contributed by atoms with Crippen molar-refractivity contribution in [2.75, 3.05) is 6.61 Å². The first-order valence-corrected chi connectivity index (χ1v) is 7.56. The molecule has 2 aliphatic rings. The summed E-state index contributed by atoms with van der Waals surface area (Å²) in [6.45, 7) is -0.661. The topological polar surface area (TPSA) is 117 Å². The molecule has 0 spiro atoms. The van der Waals surface area contributed by atoms with Gasteiger partial charge in [-0.3, -0.25) is 13.5 Å². The minimum Gasteiger partial charge on any atom is -0.455 e. The average Bonchev–Trinajstić information content (AvgIpc) is 2.67. The Morgan fingerprint density at radius 3 is 2.74 bits per heavy atom. The monoisotopic (exact) mass is 358 g/mol. The molecule has 1 aromatic rings. The second-order valence-corrected chi connectivity index (χ2v) is 6.31. The molecule has 0 aromatic carbocycles. The van der Waals surface area contributed by atoms with Crippen LogP contribution in [0.25, 0.3) is 0 Å². The molecule has 13 heteroatoms. The molecule has 4 atom stereocenters. The largest absolute Gasteiger partial charge is 0.523 e. The number of halogens is 3. The third kappa shape index (κ3) is 2.58. The second-order valence-electron chi connectivity index (χ2n) is 4.75. The molecule has 3 heterocycles. The minimum absolute atomic E-state index is 0.271. The number of nitrogens with zero attached hydrogens (tertiary/aromatic N) is 2. The van der Waals surface area contributed by atoms with Crippen LogP contribution in [0.15, 0.2) is 17.1 Å². The number of aliphatic hydroxyl groups is 1. The molecule has 1 saturated heterocycles. The highest BCUT2D eigenvalue weighted by atomic mass is 32.2. The van der Waals surface area contributed by atoms with E-state index < -0.39 is 52.3 Å². The zero-order valence-electron chi connectivity index (χ0n) is 11.0. The Morgan fingerprint density at radius 1 is 1.43 bits per heavy atom. The van der Waals surface area contributed by atoms with Crippen LogP contribution in [0.2, 0.25) is 0 Å². The van der Waals surface area contributed by atoms with Gasteiger partial charge in [0.2, 0.25) is 0 Å². The first kappa shape index (κ1) is 16.2. The highest BCUT2D eigenvalue weighted by molar-refractivity contribution is 7.87. The van der Waals surface area contributed by atoms with Crippen molar-refractivity contribution in [3.05, 3.63) is 22.6 Å². The summed E-state index contributed by atoms with van der Waals surface area (Å²) in [7, 11) is -5.90. The molecule has 0 aliphatic carbocycles. The van der Waals surface area contributed by atoms with Crippen LogP contribution >= 0.6 is 0 Å². The van der Waals surface area contributed by atoms with E-state index >= 15 is 0 Å². The summed E-state index contributed by atoms with van der Waals surface area (Å²) in [6.07, 6.45) is -4.47. The third-order valence-electron chi connectivity index (χ3n) is 3.31. The summed E-state index contributed by atoms with van der Waals surface area (Å²) in [5.74, 6) is 0. The van der Waals surface area contributed by atoms with Crippen LogP contribution < -0.4 is 10.3 Å². The van der Waals surface area contributed by atoms with E-state index in [0.717, 1.165) is 16.8 Å². The fourth-order valence-corrected chi connectivity index (χ4v) is 2.93. The fourth-order valence-electron chi connectivity index (χ4n) is 2.32. The van der Waals surface area contributed by atoms with Crippen LogP contribution in [-0.4, -0.2) is 53.5 Å². The number of hydrogen-bond acceptors (Lipinski definition) is 8. The van der Waals surface area contributed by atoms with Gasteiger partial charge in [-0.1, -0.05) is 0 Å². The summed E-state index contributed by atoms with van der Waals surface area (Å²) in [5, 5.41) is 9.20. The van der Waals surface area contributed by atoms with Crippen molar-refractivity contribution in [2.24, 2.45) is 0 Å². The van der Waals surface area contributed by atoms with Crippen molar-refractivity contribution in [2.45, 2.75) is 30.0 Å². The molecular weight excluding hydrogens is 349 g/mol. The first-order valence-electron chi connectivity index (χ1n) is 6.16. The van der Waals surface area contributed by atoms with Gasteiger partial charge in [0.25, 0.3) is 5.56 Å². The van der Waals surface area contributed by atoms with Gasteiger partial charge in [-0.15, -0.1) is 0 Å². The Kier molecular flexibility index (Phi) is 3.62. The maximum Gasteiger partial charge on any atom is 0.523 e. The lowest BCUT2D eigenvalue weighted by molar-refractivity contribution is -0.0759. The zero-order valence-corrected chi connectivity index (χ0v) is 11.8. The number of alkyl halides is 3. The van der Waals surface area contributed by atoms with Gasteiger partial charge in [0.1, 0.15) is 6.10 Å². The van der Waals surface area contributed by atoms with Gasteiger partial charge in [-0.25, -0.2) is 0 Å². The van der Waals surface area contributed by atoms with Gasteiger partial charge in [0.05, 0.1) is 6.61 Å². The Hall–Kier alpha value is -1.70. The van der Waals surface area contributed by atoms with E-state index in [9.17, 15) is 31.5 Å². The lowest BCUT2D eigenvalue weighted by Gasteiger charge is -2.30. The average molecular weight is 358 g/mol.